The van der Waals surface area contributed by atoms with Gasteiger partial charge in [0.25, 0.3) is 0 Å². The Morgan fingerprint density at radius 2 is 1.44 bits per heavy atom. The molecule has 0 amide bonds. The quantitative estimate of drug-likeness (QED) is 0.556. The highest BCUT2D eigenvalue weighted by molar-refractivity contribution is 4.98. The van der Waals surface area contributed by atoms with E-state index in [0.29, 0.717) is 5.41 Å². The molecule has 0 aromatic carbocycles. The van der Waals surface area contributed by atoms with Gasteiger partial charge in [0, 0.05) is 0 Å². The molecule has 0 saturated heterocycles. The third-order valence-corrected chi connectivity index (χ3v) is 6.07. The molecule has 0 N–H and O–H groups in total. The zero-order chi connectivity index (χ0) is 11.8. The van der Waals surface area contributed by atoms with E-state index in [2.05, 4.69) is 27.7 Å². The summed E-state index contributed by atoms with van der Waals surface area (Å²) < 4.78 is 0. The topological polar surface area (TPSA) is 0 Å². The minimum atomic E-state index is 0.618. The maximum Gasteiger partial charge on any atom is -0.0246 e. The molecule has 0 nitrogen and oxygen atoms in total. The Morgan fingerprint density at radius 1 is 0.875 bits per heavy atom. The van der Waals surface area contributed by atoms with Crippen molar-refractivity contribution in [2.24, 2.45) is 22.7 Å². The van der Waals surface area contributed by atoms with Gasteiger partial charge in [-0.2, -0.15) is 0 Å². The van der Waals surface area contributed by atoms with E-state index in [1.165, 1.54) is 51.4 Å². The van der Waals surface area contributed by atoms with Crippen LogP contribution in [0, 0.1) is 22.7 Å². The van der Waals surface area contributed by atoms with Crippen molar-refractivity contribution in [1.82, 2.24) is 0 Å². The summed E-state index contributed by atoms with van der Waals surface area (Å²) in [4.78, 5) is 0. The van der Waals surface area contributed by atoms with Crippen LogP contribution in [-0.4, -0.2) is 0 Å². The van der Waals surface area contributed by atoms with Crippen LogP contribution in [0.5, 0.6) is 0 Å². The minimum absolute atomic E-state index is 0.618. The third kappa shape index (κ3) is 2.05. The maximum absolute atomic E-state index is 2.54. The van der Waals surface area contributed by atoms with E-state index in [4.69, 9.17) is 0 Å². The van der Waals surface area contributed by atoms with Gasteiger partial charge in [0.1, 0.15) is 0 Å². The van der Waals surface area contributed by atoms with E-state index < -0.39 is 0 Å². The summed E-state index contributed by atoms with van der Waals surface area (Å²) in [5.74, 6) is 1.92. The van der Waals surface area contributed by atoms with Gasteiger partial charge in [-0.1, -0.05) is 40.5 Å². The second-order valence-corrected chi connectivity index (χ2v) is 7.45. The second-order valence-electron chi connectivity index (χ2n) is 7.45. The number of hydrogen-bond donors (Lipinski definition) is 0. The molecular formula is C16H30. The molecule has 1 spiro atoms. The van der Waals surface area contributed by atoms with Crippen LogP contribution in [0.2, 0.25) is 0 Å². The van der Waals surface area contributed by atoms with E-state index >= 15 is 0 Å². The van der Waals surface area contributed by atoms with Crippen molar-refractivity contribution in [3.63, 3.8) is 0 Å². The Labute approximate surface area is 102 Å². The number of hydrogen-bond acceptors (Lipinski definition) is 0. The average molecular weight is 222 g/mol. The first-order valence-corrected chi connectivity index (χ1v) is 7.47. The highest BCUT2D eigenvalue weighted by atomic mass is 14.5. The minimum Gasteiger partial charge on any atom is -0.0625 e. The van der Waals surface area contributed by atoms with Gasteiger partial charge in [-0.05, 0) is 61.2 Å². The molecule has 0 radical (unpaired) electrons. The molecule has 2 saturated carbocycles. The first kappa shape index (κ1) is 12.5. The summed E-state index contributed by atoms with van der Waals surface area (Å²) >= 11 is 0. The van der Waals surface area contributed by atoms with Crippen LogP contribution in [0.15, 0.2) is 0 Å². The molecule has 2 rings (SSSR count). The predicted octanol–water partition coefficient (Wildman–Crippen LogP) is 5.42. The van der Waals surface area contributed by atoms with E-state index in [1.807, 2.05) is 0 Å². The maximum atomic E-state index is 2.54. The van der Waals surface area contributed by atoms with E-state index in [-0.39, 0.29) is 0 Å². The van der Waals surface area contributed by atoms with Crippen LogP contribution in [0.25, 0.3) is 0 Å². The second kappa shape index (κ2) is 4.35. The first-order valence-electron chi connectivity index (χ1n) is 7.47. The molecule has 2 aliphatic carbocycles. The largest absolute Gasteiger partial charge is 0.0625 e. The van der Waals surface area contributed by atoms with Gasteiger partial charge in [-0.25, -0.2) is 0 Å². The van der Waals surface area contributed by atoms with Gasteiger partial charge in [-0.15, -0.1) is 0 Å². The summed E-state index contributed by atoms with van der Waals surface area (Å²) in [6.45, 7) is 9.91. The van der Waals surface area contributed by atoms with Gasteiger partial charge in [0.2, 0.25) is 0 Å². The molecule has 0 unspecified atom stereocenters. The summed E-state index contributed by atoms with van der Waals surface area (Å²) in [5.41, 5.74) is 1.34. The highest BCUT2D eigenvalue weighted by Crippen LogP contribution is 2.59. The lowest BCUT2D eigenvalue weighted by Crippen LogP contribution is -2.43. The summed E-state index contributed by atoms with van der Waals surface area (Å²) in [7, 11) is 0. The standard InChI is InChI=1S/C16H30/c1-13(2)14-7-11-16(12-8-14)10-6-5-9-15(16,3)4/h13-14H,5-12H2,1-4H3. The van der Waals surface area contributed by atoms with Crippen LogP contribution in [0.3, 0.4) is 0 Å². The molecule has 2 aliphatic rings. The Balaban J connectivity index is 2.05. The molecule has 94 valence electrons. The molecule has 0 heterocycles. The summed E-state index contributed by atoms with van der Waals surface area (Å²) in [6.07, 6.45) is 12.0. The lowest BCUT2D eigenvalue weighted by atomic mass is 9.51. The monoisotopic (exact) mass is 222 g/mol. The Hall–Kier alpha value is 0. The average Bonchev–Trinajstić information content (AvgIpc) is 2.23. The van der Waals surface area contributed by atoms with Gasteiger partial charge < -0.3 is 0 Å². The van der Waals surface area contributed by atoms with Crippen LogP contribution >= 0.6 is 0 Å². The first-order chi connectivity index (χ1) is 7.47. The fraction of sp³-hybridized carbons (Fsp3) is 1.00. The zero-order valence-corrected chi connectivity index (χ0v) is 11.8. The zero-order valence-electron chi connectivity index (χ0n) is 11.8. The molecule has 0 aromatic rings. The SMILES string of the molecule is CC(C)C1CCC2(CCCCC2(C)C)CC1. The van der Waals surface area contributed by atoms with Crippen molar-refractivity contribution in [2.75, 3.05) is 0 Å². The van der Waals surface area contributed by atoms with E-state index in [9.17, 15) is 0 Å². The smallest absolute Gasteiger partial charge is 0.0246 e. The molecule has 0 aliphatic heterocycles. The third-order valence-electron chi connectivity index (χ3n) is 6.07. The van der Waals surface area contributed by atoms with Crippen molar-refractivity contribution in [1.29, 1.82) is 0 Å². The molecular weight excluding hydrogens is 192 g/mol. The van der Waals surface area contributed by atoms with Crippen LogP contribution in [0.1, 0.15) is 79.1 Å². The van der Waals surface area contributed by atoms with Gasteiger partial charge >= 0.3 is 0 Å². The predicted molar refractivity (Wildman–Crippen MR) is 71.5 cm³/mol. The van der Waals surface area contributed by atoms with Crippen LogP contribution < -0.4 is 0 Å². The summed E-state index contributed by atoms with van der Waals surface area (Å²) in [5, 5.41) is 0. The normalized spacial score (nSPS) is 39.2. The van der Waals surface area contributed by atoms with E-state index in [0.717, 1.165) is 17.3 Å². The van der Waals surface area contributed by atoms with Gasteiger partial charge in [-0.3, -0.25) is 0 Å². The molecule has 0 aromatic heterocycles. The van der Waals surface area contributed by atoms with Crippen LogP contribution in [0.4, 0.5) is 0 Å². The molecule has 2 fully saturated rings. The fourth-order valence-electron chi connectivity index (χ4n) is 4.42. The number of rotatable bonds is 1. The van der Waals surface area contributed by atoms with Crippen molar-refractivity contribution in [3.05, 3.63) is 0 Å². The molecule has 0 heteroatoms. The lowest BCUT2D eigenvalue weighted by molar-refractivity contribution is -0.0353. The molecule has 16 heavy (non-hydrogen) atoms. The fourth-order valence-corrected chi connectivity index (χ4v) is 4.42. The molecule has 0 atom stereocenters. The van der Waals surface area contributed by atoms with Crippen molar-refractivity contribution in [2.45, 2.75) is 79.1 Å². The molecule has 0 bridgehead atoms. The van der Waals surface area contributed by atoms with Gasteiger partial charge in [0.05, 0.1) is 0 Å². The highest BCUT2D eigenvalue weighted by Gasteiger charge is 2.47. The van der Waals surface area contributed by atoms with Crippen molar-refractivity contribution >= 4 is 0 Å². The van der Waals surface area contributed by atoms with Crippen molar-refractivity contribution in [3.8, 4) is 0 Å². The van der Waals surface area contributed by atoms with Crippen molar-refractivity contribution < 1.29 is 0 Å². The Kier molecular flexibility index (Phi) is 3.39. The Morgan fingerprint density at radius 3 is 1.94 bits per heavy atom. The van der Waals surface area contributed by atoms with Crippen LogP contribution in [-0.2, 0) is 0 Å². The van der Waals surface area contributed by atoms with Gasteiger partial charge in [0.15, 0.2) is 0 Å². The lowest BCUT2D eigenvalue weighted by Gasteiger charge is -2.54. The van der Waals surface area contributed by atoms with E-state index in [1.54, 1.807) is 0 Å². The Bertz CT molecular complexity index is 228. The summed E-state index contributed by atoms with van der Waals surface area (Å²) in [6, 6.07) is 0.